The molecule has 0 amide bonds. The van der Waals surface area contributed by atoms with Gasteiger partial charge >= 0.3 is 0 Å². The number of hydrogen-bond donors (Lipinski definition) is 1. The molecule has 0 unspecified atom stereocenters. The molecule has 0 atom stereocenters. The standard InChI is InChI=1S/C13H14ClN3O/c1-13(2,3)12(18)11(8-15)17-16-10-6-4-9(14)5-7-10/h4-7,16H,1-3H3/b17-11+. The Morgan fingerprint density at radius 3 is 2.33 bits per heavy atom. The number of carbonyl (C=O) groups is 1. The molecule has 0 saturated carbocycles. The van der Waals surface area contributed by atoms with Crippen LogP contribution in [-0.2, 0) is 4.79 Å². The van der Waals surface area contributed by atoms with Crippen molar-refractivity contribution < 1.29 is 4.79 Å². The molecule has 0 aliphatic carbocycles. The van der Waals surface area contributed by atoms with Crippen LogP contribution in [0.2, 0.25) is 5.02 Å². The molecule has 0 bridgehead atoms. The normalized spacial score (nSPS) is 11.8. The molecule has 1 aromatic rings. The minimum absolute atomic E-state index is 0.141. The molecule has 0 spiro atoms. The fraction of sp³-hybridized carbons (Fsp3) is 0.308. The minimum Gasteiger partial charge on any atom is -0.291 e. The first-order valence-corrected chi connectivity index (χ1v) is 5.76. The van der Waals surface area contributed by atoms with Gasteiger partial charge in [0.1, 0.15) is 6.07 Å². The SMILES string of the molecule is CC(C)(C)C(=O)/C(C#N)=N/Nc1ccc(Cl)cc1. The van der Waals surface area contributed by atoms with Crippen LogP contribution < -0.4 is 5.43 Å². The molecular formula is C13H14ClN3O. The van der Waals surface area contributed by atoms with Crippen LogP contribution in [0.25, 0.3) is 0 Å². The van der Waals surface area contributed by atoms with Gasteiger partial charge in [0.05, 0.1) is 5.69 Å². The van der Waals surface area contributed by atoms with Crippen LogP contribution in [0, 0.1) is 16.7 Å². The number of nitriles is 1. The van der Waals surface area contributed by atoms with E-state index in [4.69, 9.17) is 16.9 Å². The topological polar surface area (TPSA) is 65.2 Å². The van der Waals surface area contributed by atoms with E-state index >= 15 is 0 Å². The third-order valence-electron chi connectivity index (χ3n) is 2.14. The number of nitrogens with one attached hydrogen (secondary N) is 1. The zero-order valence-corrected chi connectivity index (χ0v) is 11.2. The molecule has 0 radical (unpaired) electrons. The van der Waals surface area contributed by atoms with Crippen molar-refractivity contribution >= 4 is 28.8 Å². The molecule has 0 aliphatic rings. The Morgan fingerprint density at radius 2 is 1.89 bits per heavy atom. The molecule has 0 aromatic heterocycles. The smallest absolute Gasteiger partial charge is 0.204 e. The summed E-state index contributed by atoms with van der Waals surface area (Å²) >= 11 is 5.74. The Hall–Kier alpha value is -1.86. The number of benzene rings is 1. The van der Waals surface area contributed by atoms with Crippen LogP contribution in [0.15, 0.2) is 29.4 Å². The van der Waals surface area contributed by atoms with Gasteiger partial charge in [-0.15, -0.1) is 0 Å². The highest BCUT2D eigenvalue weighted by Gasteiger charge is 2.26. The number of Topliss-reactive ketones (excluding diaryl/α,β-unsaturated/α-hetero) is 1. The molecule has 0 fully saturated rings. The van der Waals surface area contributed by atoms with E-state index in [0.29, 0.717) is 10.7 Å². The zero-order valence-electron chi connectivity index (χ0n) is 10.5. The van der Waals surface area contributed by atoms with E-state index in [1.807, 2.05) is 0 Å². The van der Waals surface area contributed by atoms with Crippen molar-refractivity contribution in [2.75, 3.05) is 5.43 Å². The summed E-state index contributed by atoms with van der Waals surface area (Å²) in [5, 5.41) is 13.3. The molecule has 18 heavy (non-hydrogen) atoms. The second-order valence-corrected chi connectivity index (χ2v) is 5.21. The molecule has 94 valence electrons. The Kier molecular flexibility index (Phi) is 4.46. The van der Waals surface area contributed by atoms with E-state index in [2.05, 4.69) is 10.5 Å². The number of nitrogens with zero attached hydrogens (tertiary/aromatic N) is 2. The highest BCUT2D eigenvalue weighted by atomic mass is 35.5. The Labute approximate surface area is 111 Å². The van der Waals surface area contributed by atoms with Crippen LogP contribution in [0.4, 0.5) is 5.69 Å². The van der Waals surface area contributed by atoms with Crippen molar-refractivity contribution in [3.05, 3.63) is 29.3 Å². The predicted octanol–water partition coefficient (Wildman–Crippen LogP) is 3.25. The number of anilines is 1. The fourth-order valence-electron chi connectivity index (χ4n) is 1.13. The molecular weight excluding hydrogens is 250 g/mol. The molecule has 1 aromatic carbocycles. The van der Waals surface area contributed by atoms with Crippen molar-refractivity contribution in [3.8, 4) is 6.07 Å². The second-order valence-electron chi connectivity index (χ2n) is 4.77. The summed E-state index contributed by atoms with van der Waals surface area (Å²) in [5.74, 6) is -0.300. The third-order valence-corrected chi connectivity index (χ3v) is 2.40. The molecule has 5 heteroatoms. The summed E-state index contributed by atoms with van der Waals surface area (Å²) in [6, 6.07) is 8.61. The molecule has 4 nitrogen and oxygen atoms in total. The van der Waals surface area contributed by atoms with E-state index in [0.717, 1.165) is 0 Å². The lowest BCUT2D eigenvalue weighted by molar-refractivity contribution is -0.119. The number of halogens is 1. The first-order chi connectivity index (χ1) is 8.34. The number of ketones is 1. The van der Waals surface area contributed by atoms with Gasteiger partial charge in [0.25, 0.3) is 0 Å². The number of rotatable bonds is 3. The van der Waals surface area contributed by atoms with Gasteiger partial charge in [0.15, 0.2) is 5.78 Å². The van der Waals surface area contributed by atoms with Crippen molar-refractivity contribution in [2.45, 2.75) is 20.8 Å². The van der Waals surface area contributed by atoms with Crippen molar-refractivity contribution in [2.24, 2.45) is 10.5 Å². The lowest BCUT2D eigenvalue weighted by Gasteiger charge is -2.14. The zero-order chi connectivity index (χ0) is 13.8. The van der Waals surface area contributed by atoms with Crippen molar-refractivity contribution in [1.82, 2.24) is 0 Å². The monoisotopic (exact) mass is 263 g/mol. The van der Waals surface area contributed by atoms with Crippen molar-refractivity contribution in [1.29, 1.82) is 5.26 Å². The molecule has 1 rings (SSSR count). The summed E-state index contributed by atoms with van der Waals surface area (Å²) in [5.41, 5.74) is 2.55. The van der Waals surface area contributed by atoms with E-state index in [1.54, 1.807) is 51.1 Å². The van der Waals surface area contributed by atoms with Crippen LogP contribution in [-0.4, -0.2) is 11.5 Å². The van der Waals surface area contributed by atoms with Crippen LogP contribution in [0.1, 0.15) is 20.8 Å². The lowest BCUT2D eigenvalue weighted by atomic mass is 9.88. The van der Waals surface area contributed by atoms with Gasteiger partial charge in [-0.05, 0) is 24.3 Å². The Morgan fingerprint density at radius 1 is 1.33 bits per heavy atom. The molecule has 0 saturated heterocycles. The molecule has 0 aliphatic heterocycles. The van der Waals surface area contributed by atoms with E-state index in [1.165, 1.54) is 0 Å². The Bertz CT molecular complexity index is 507. The quantitative estimate of drug-likeness (QED) is 0.672. The number of hydrogen-bond acceptors (Lipinski definition) is 4. The van der Waals surface area contributed by atoms with Crippen LogP contribution in [0.5, 0.6) is 0 Å². The van der Waals surface area contributed by atoms with E-state index in [-0.39, 0.29) is 11.5 Å². The third kappa shape index (κ3) is 3.86. The average molecular weight is 264 g/mol. The fourth-order valence-corrected chi connectivity index (χ4v) is 1.25. The first-order valence-electron chi connectivity index (χ1n) is 5.39. The summed E-state index contributed by atoms with van der Waals surface area (Å²) in [4.78, 5) is 11.9. The maximum absolute atomic E-state index is 11.9. The van der Waals surface area contributed by atoms with Gasteiger partial charge < -0.3 is 0 Å². The predicted molar refractivity (Wildman–Crippen MR) is 72.6 cm³/mol. The minimum atomic E-state index is -0.629. The number of carbonyl (C=O) groups excluding carboxylic acids is 1. The summed E-state index contributed by atoms with van der Waals surface area (Å²) in [7, 11) is 0. The second kappa shape index (κ2) is 5.65. The highest BCUT2D eigenvalue weighted by Crippen LogP contribution is 2.16. The molecule has 1 N–H and O–H groups in total. The van der Waals surface area contributed by atoms with Gasteiger partial charge in [-0.2, -0.15) is 10.4 Å². The first kappa shape index (κ1) is 14.2. The average Bonchev–Trinajstić information content (AvgIpc) is 2.31. The van der Waals surface area contributed by atoms with Crippen LogP contribution in [0.3, 0.4) is 0 Å². The van der Waals surface area contributed by atoms with Gasteiger partial charge in [-0.25, -0.2) is 0 Å². The van der Waals surface area contributed by atoms with Crippen LogP contribution >= 0.6 is 11.6 Å². The van der Waals surface area contributed by atoms with Crippen molar-refractivity contribution in [3.63, 3.8) is 0 Å². The van der Waals surface area contributed by atoms with Gasteiger partial charge in [-0.1, -0.05) is 32.4 Å². The summed E-state index contributed by atoms with van der Waals surface area (Å²) in [6.07, 6.45) is 0. The van der Waals surface area contributed by atoms with Gasteiger partial charge in [-0.3, -0.25) is 10.2 Å². The summed E-state index contributed by atoms with van der Waals surface area (Å²) < 4.78 is 0. The summed E-state index contributed by atoms with van der Waals surface area (Å²) in [6.45, 7) is 5.22. The highest BCUT2D eigenvalue weighted by molar-refractivity contribution is 6.47. The number of hydrazone groups is 1. The molecule has 0 heterocycles. The maximum Gasteiger partial charge on any atom is 0.204 e. The largest absolute Gasteiger partial charge is 0.291 e. The van der Waals surface area contributed by atoms with E-state index < -0.39 is 5.41 Å². The van der Waals surface area contributed by atoms with E-state index in [9.17, 15) is 4.79 Å². The van der Waals surface area contributed by atoms with Gasteiger partial charge in [0, 0.05) is 10.4 Å². The lowest BCUT2D eigenvalue weighted by Crippen LogP contribution is -2.28. The van der Waals surface area contributed by atoms with Gasteiger partial charge in [0.2, 0.25) is 5.71 Å². The maximum atomic E-state index is 11.9. The Balaban J connectivity index is 2.85.